The van der Waals surface area contributed by atoms with Gasteiger partial charge in [0.05, 0.1) is 31.8 Å². The maximum Gasteiger partial charge on any atom is 0.259 e. The van der Waals surface area contributed by atoms with E-state index in [-0.39, 0.29) is 30.4 Å². The van der Waals surface area contributed by atoms with E-state index < -0.39 is 20.5 Å². The lowest BCUT2D eigenvalue weighted by atomic mass is 9.96. The van der Waals surface area contributed by atoms with Crippen molar-refractivity contribution in [1.82, 2.24) is 4.67 Å². The van der Waals surface area contributed by atoms with Crippen molar-refractivity contribution < 1.29 is 19.9 Å². The van der Waals surface area contributed by atoms with E-state index in [4.69, 9.17) is 25.2 Å². The van der Waals surface area contributed by atoms with Crippen LogP contribution in [0.3, 0.4) is 0 Å². The third-order valence-corrected chi connectivity index (χ3v) is 6.62. The second-order valence-electron chi connectivity index (χ2n) is 6.91. The van der Waals surface area contributed by atoms with Crippen molar-refractivity contribution in [3.63, 3.8) is 0 Å². The first-order valence-electron chi connectivity index (χ1n) is 9.29. The fraction of sp³-hybridized carbons (Fsp3) is 0.941. The van der Waals surface area contributed by atoms with Crippen LogP contribution in [-0.2, 0) is 18.5 Å². The van der Waals surface area contributed by atoms with Gasteiger partial charge in [-0.3, -0.25) is 0 Å². The summed E-state index contributed by atoms with van der Waals surface area (Å²) in [6.07, 6.45) is -0.755. The summed E-state index contributed by atoms with van der Waals surface area (Å²) in [5.74, 6) is 0. The molecule has 138 valence electrons. The van der Waals surface area contributed by atoms with Crippen LogP contribution in [0.25, 0.3) is 0 Å². The van der Waals surface area contributed by atoms with Crippen molar-refractivity contribution >= 4 is 8.53 Å². The average Bonchev–Trinajstić information content (AvgIpc) is 2.99. The number of ether oxygens (including phenoxy) is 2. The highest BCUT2D eigenvalue weighted by Gasteiger charge is 2.61. The van der Waals surface area contributed by atoms with Gasteiger partial charge in [-0.05, 0) is 41.0 Å². The molecular weight excluding hydrogens is 327 g/mol. The van der Waals surface area contributed by atoms with Gasteiger partial charge in [-0.25, -0.2) is 4.67 Å². The number of rotatable bonds is 9. The lowest BCUT2D eigenvalue weighted by Gasteiger charge is -2.38. The van der Waals surface area contributed by atoms with Crippen LogP contribution in [0.4, 0.5) is 0 Å². The molecule has 0 N–H and O–H groups in total. The number of hydrogen-bond donors (Lipinski definition) is 0. The molecule has 0 aliphatic carbocycles. The van der Waals surface area contributed by atoms with Crippen molar-refractivity contribution in [1.29, 1.82) is 5.26 Å². The molecule has 7 heteroatoms. The van der Waals surface area contributed by atoms with E-state index in [1.807, 2.05) is 13.8 Å². The van der Waals surface area contributed by atoms with E-state index in [9.17, 15) is 0 Å². The Morgan fingerprint density at radius 1 is 1.42 bits per heavy atom. The summed E-state index contributed by atoms with van der Waals surface area (Å²) in [5.41, 5.74) is -0.747. The van der Waals surface area contributed by atoms with Gasteiger partial charge in [0.2, 0.25) is 0 Å². The van der Waals surface area contributed by atoms with E-state index in [0.717, 1.165) is 0 Å². The lowest BCUT2D eigenvalue weighted by Crippen LogP contribution is -2.42. The minimum absolute atomic E-state index is 0.103. The monoisotopic (exact) mass is 359 g/mol. The molecule has 6 atom stereocenters. The molecule has 6 nitrogen and oxygen atoms in total. The summed E-state index contributed by atoms with van der Waals surface area (Å²) >= 11 is 0. The van der Waals surface area contributed by atoms with Crippen molar-refractivity contribution in [2.24, 2.45) is 0 Å². The van der Waals surface area contributed by atoms with Crippen LogP contribution in [-0.4, -0.2) is 53.9 Å². The molecule has 0 aromatic rings. The van der Waals surface area contributed by atoms with Crippen LogP contribution in [0.5, 0.6) is 0 Å². The Kier molecular flexibility index (Phi) is 6.48. The number of hydrogen-bond acceptors (Lipinski definition) is 6. The number of nitrogens with zero attached hydrogens (tertiary/aromatic N) is 2. The van der Waals surface area contributed by atoms with E-state index in [0.29, 0.717) is 19.6 Å². The highest BCUT2D eigenvalue weighted by molar-refractivity contribution is 7.44. The van der Waals surface area contributed by atoms with Gasteiger partial charge < -0.3 is 18.5 Å². The topological polar surface area (TPSA) is 64.0 Å². The van der Waals surface area contributed by atoms with Crippen LogP contribution >= 0.6 is 8.53 Å². The number of fused-ring (bicyclic) bond motifs is 2. The summed E-state index contributed by atoms with van der Waals surface area (Å²) in [5, 5.41) is 8.82. The molecular formula is C17H31N2O4P. The van der Waals surface area contributed by atoms with Crippen LogP contribution in [0.15, 0.2) is 0 Å². The SMILES string of the molecule is [2H][C@H](C)[C@]12CO[C@H]([C@H](C)O1)[C@H]2OP(OCCC#N)N(C(C)C)C(C)C. The molecule has 2 fully saturated rings. The zero-order valence-corrected chi connectivity index (χ0v) is 16.5. The van der Waals surface area contributed by atoms with Gasteiger partial charge in [-0.2, -0.15) is 5.26 Å². The van der Waals surface area contributed by atoms with Crippen LogP contribution in [0.1, 0.15) is 55.7 Å². The molecule has 0 aromatic heterocycles. The Hall–Kier alpha value is -0.280. The molecule has 0 spiro atoms. The molecule has 24 heavy (non-hydrogen) atoms. The third-order valence-electron chi connectivity index (χ3n) is 4.50. The normalized spacial score (nSPS) is 35.5. The summed E-state index contributed by atoms with van der Waals surface area (Å²) in [4.78, 5) is 0. The van der Waals surface area contributed by atoms with Crippen LogP contribution < -0.4 is 0 Å². The highest BCUT2D eigenvalue weighted by Crippen LogP contribution is 2.54. The Labute approximate surface area is 148 Å². The summed E-state index contributed by atoms with van der Waals surface area (Å²) in [7, 11) is -1.38. The average molecular weight is 359 g/mol. The summed E-state index contributed by atoms with van der Waals surface area (Å²) in [6.45, 7) is 12.9. The van der Waals surface area contributed by atoms with E-state index in [1.165, 1.54) is 0 Å². The van der Waals surface area contributed by atoms with Gasteiger partial charge in [-0.15, -0.1) is 0 Å². The summed E-state index contributed by atoms with van der Waals surface area (Å²) < 4.78 is 34.9. The molecule has 1 unspecified atom stereocenters. The van der Waals surface area contributed by atoms with Crippen molar-refractivity contribution in [3.05, 3.63) is 0 Å². The maximum absolute atomic E-state index is 8.82. The zero-order valence-electron chi connectivity index (χ0n) is 16.6. The quantitative estimate of drug-likeness (QED) is 0.463. The first-order valence-corrected chi connectivity index (χ1v) is 9.84. The molecule has 2 heterocycles. The molecule has 2 bridgehead atoms. The molecule has 0 amide bonds. The van der Waals surface area contributed by atoms with Gasteiger partial charge in [0.1, 0.15) is 17.8 Å². The Morgan fingerprint density at radius 3 is 2.58 bits per heavy atom. The largest absolute Gasteiger partial charge is 0.370 e. The fourth-order valence-electron chi connectivity index (χ4n) is 3.43. The molecule has 0 saturated carbocycles. The van der Waals surface area contributed by atoms with Gasteiger partial charge >= 0.3 is 0 Å². The Bertz CT molecular complexity index is 480. The van der Waals surface area contributed by atoms with E-state index >= 15 is 0 Å². The third kappa shape index (κ3) is 3.93. The van der Waals surface area contributed by atoms with Crippen molar-refractivity contribution in [2.75, 3.05) is 13.2 Å². The lowest BCUT2D eigenvalue weighted by molar-refractivity contribution is -0.139. The van der Waals surface area contributed by atoms with E-state index in [1.54, 1.807) is 0 Å². The van der Waals surface area contributed by atoms with Gasteiger partial charge in [0, 0.05) is 13.5 Å². The number of nitriles is 1. The minimum atomic E-state index is -1.38. The second kappa shape index (κ2) is 8.40. The molecule has 0 radical (unpaired) electrons. The highest BCUT2D eigenvalue weighted by atomic mass is 31.2. The second-order valence-corrected chi connectivity index (χ2v) is 8.32. The van der Waals surface area contributed by atoms with Gasteiger partial charge in [-0.1, -0.05) is 6.92 Å². The van der Waals surface area contributed by atoms with Crippen LogP contribution in [0, 0.1) is 11.3 Å². The zero-order chi connectivity index (χ0) is 18.8. The molecule has 2 saturated heterocycles. The van der Waals surface area contributed by atoms with Gasteiger partial charge in [0.25, 0.3) is 8.53 Å². The molecule has 2 rings (SSSR count). The smallest absolute Gasteiger partial charge is 0.259 e. The Balaban J connectivity index is 2.21. The first kappa shape index (κ1) is 18.5. The Morgan fingerprint density at radius 2 is 2.08 bits per heavy atom. The predicted octanol–water partition coefficient (Wildman–Crippen LogP) is 3.61. The van der Waals surface area contributed by atoms with Crippen molar-refractivity contribution in [2.45, 2.75) is 90.4 Å². The fourth-order valence-corrected chi connectivity index (χ4v) is 5.22. The molecule has 2 aliphatic heterocycles. The minimum Gasteiger partial charge on any atom is -0.370 e. The predicted molar refractivity (Wildman–Crippen MR) is 93.4 cm³/mol. The van der Waals surface area contributed by atoms with Gasteiger partial charge in [0.15, 0.2) is 0 Å². The van der Waals surface area contributed by atoms with E-state index in [2.05, 4.69) is 38.4 Å². The van der Waals surface area contributed by atoms with Crippen molar-refractivity contribution in [3.8, 4) is 6.07 Å². The molecule has 0 aromatic carbocycles. The maximum atomic E-state index is 8.82. The van der Waals surface area contributed by atoms with Crippen LogP contribution in [0.2, 0.25) is 0 Å². The first-order chi connectivity index (χ1) is 11.7. The summed E-state index contributed by atoms with van der Waals surface area (Å²) in [6, 6.07) is 2.57. The molecule has 2 aliphatic rings. The standard InChI is InChI=1S/C17H31N2O4P/c1-7-17-11-20-15(14(6)22-17)16(17)23-24(21-10-8-9-18)19(12(2)3)13(4)5/h12-16H,7-8,10-11H2,1-6H3/t14-,15+,16+,17+,24?/m0/s1/i7D/t7-,14+,15-,16-,17-,24?/m1.